The lowest BCUT2D eigenvalue weighted by molar-refractivity contribution is 0.602. The molecule has 0 aliphatic carbocycles. The van der Waals surface area contributed by atoms with E-state index in [4.69, 9.17) is 0 Å². The van der Waals surface area contributed by atoms with Gasteiger partial charge in [0, 0.05) is 30.8 Å². The number of nitrogens with one attached hydrogen (secondary N) is 4. The number of hydrogen-bond donors (Lipinski definition) is 4. The normalized spacial score (nSPS) is 13.3. The highest BCUT2D eigenvalue weighted by molar-refractivity contribution is 7.92. The highest BCUT2D eigenvalue weighted by Crippen LogP contribution is 2.21. The van der Waals surface area contributed by atoms with E-state index in [0.29, 0.717) is 17.5 Å². The maximum Gasteiger partial charge on any atom is 0.233 e. The minimum Gasteiger partial charge on any atom is -0.364 e. The number of hydrogen-bond acceptors (Lipinski definition) is 9. The van der Waals surface area contributed by atoms with E-state index >= 15 is 0 Å². The lowest BCUT2D eigenvalue weighted by Gasteiger charge is -2.18. The van der Waals surface area contributed by atoms with Crippen molar-refractivity contribution in [3.8, 4) is 0 Å². The SMILES string of the molecule is CCS(=O)(=O)Nc1nccnc1CNc1ccnc(Nc2ccc3c(c2)CCNC3)n1. The first-order chi connectivity index (χ1) is 15.0. The Morgan fingerprint density at radius 2 is 1.94 bits per heavy atom. The van der Waals surface area contributed by atoms with Crippen LogP contribution in [0.15, 0.2) is 42.9 Å². The minimum absolute atomic E-state index is 0.0451. The molecule has 10 nitrogen and oxygen atoms in total. The third-order valence-corrected chi connectivity index (χ3v) is 6.11. The van der Waals surface area contributed by atoms with Crippen LogP contribution in [-0.2, 0) is 29.5 Å². The van der Waals surface area contributed by atoms with Gasteiger partial charge in [-0.2, -0.15) is 4.98 Å². The standard InChI is InChI=1S/C20H24N8O2S/c1-2-31(29,30)28-19-17(22-9-10-23-19)13-25-18-6-8-24-20(27-18)26-16-4-3-15-12-21-7-5-14(15)11-16/h3-4,6,8-11,21H,2,5,7,12-13H2,1H3,(H,23,28)(H2,24,25,26,27). The fourth-order valence-electron chi connectivity index (χ4n) is 3.18. The van der Waals surface area contributed by atoms with Crippen molar-refractivity contribution in [1.29, 1.82) is 0 Å². The molecule has 162 valence electrons. The number of rotatable bonds is 8. The predicted molar refractivity (Wildman–Crippen MR) is 120 cm³/mol. The zero-order valence-electron chi connectivity index (χ0n) is 17.1. The molecule has 0 radical (unpaired) electrons. The molecule has 0 spiro atoms. The van der Waals surface area contributed by atoms with Crippen molar-refractivity contribution in [3.05, 3.63) is 59.7 Å². The predicted octanol–water partition coefficient (Wildman–Crippen LogP) is 2.03. The highest BCUT2D eigenvalue weighted by Gasteiger charge is 2.13. The summed E-state index contributed by atoms with van der Waals surface area (Å²) in [4.78, 5) is 17.1. The van der Waals surface area contributed by atoms with E-state index in [1.165, 1.54) is 23.5 Å². The van der Waals surface area contributed by atoms with Crippen LogP contribution < -0.4 is 20.7 Å². The smallest absolute Gasteiger partial charge is 0.233 e. The van der Waals surface area contributed by atoms with E-state index in [1.807, 2.05) is 6.07 Å². The number of fused-ring (bicyclic) bond motifs is 1. The molecule has 1 aromatic carbocycles. The van der Waals surface area contributed by atoms with Gasteiger partial charge < -0.3 is 16.0 Å². The maximum atomic E-state index is 11.9. The second-order valence-electron chi connectivity index (χ2n) is 7.01. The Hall–Kier alpha value is -3.31. The van der Waals surface area contributed by atoms with Gasteiger partial charge in [-0.15, -0.1) is 0 Å². The topological polar surface area (TPSA) is 134 Å². The second-order valence-corrected chi connectivity index (χ2v) is 9.02. The Morgan fingerprint density at radius 3 is 2.81 bits per heavy atom. The quantitative estimate of drug-likeness (QED) is 0.415. The van der Waals surface area contributed by atoms with E-state index in [1.54, 1.807) is 19.2 Å². The van der Waals surface area contributed by atoms with Crippen LogP contribution in [0, 0.1) is 0 Å². The first kappa shape index (κ1) is 20.9. The Morgan fingerprint density at radius 1 is 1.06 bits per heavy atom. The van der Waals surface area contributed by atoms with Crippen molar-refractivity contribution in [3.63, 3.8) is 0 Å². The van der Waals surface area contributed by atoms with E-state index in [9.17, 15) is 8.42 Å². The Bertz CT molecular complexity index is 1170. The molecule has 0 unspecified atom stereocenters. The minimum atomic E-state index is -3.45. The van der Waals surface area contributed by atoms with Crippen LogP contribution in [0.4, 0.5) is 23.3 Å². The first-order valence-corrected chi connectivity index (χ1v) is 11.6. The third-order valence-electron chi connectivity index (χ3n) is 4.85. The lowest BCUT2D eigenvalue weighted by atomic mass is 10.0. The number of benzene rings is 1. The number of sulfonamides is 1. The van der Waals surface area contributed by atoms with E-state index in [0.717, 1.165) is 25.2 Å². The molecule has 0 saturated carbocycles. The molecule has 3 heterocycles. The van der Waals surface area contributed by atoms with Crippen LogP contribution in [0.2, 0.25) is 0 Å². The molecule has 4 rings (SSSR count). The van der Waals surface area contributed by atoms with Crippen LogP contribution in [0.3, 0.4) is 0 Å². The van der Waals surface area contributed by atoms with Crippen molar-refractivity contribution >= 4 is 33.3 Å². The third kappa shape index (κ3) is 5.44. The zero-order valence-corrected chi connectivity index (χ0v) is 17.9. The van der Waals surface area contributed by atoms with Gasteiger partial charge in [0.25, 0.3) is 0 Å². The van der Waals surface area contributed by atoms with Gasteiger partial charge in [0.15, 0.2) is 5.82 Å². The average Bonchev–Trinajstić information content (AvgIpc) is 2.78. The molecular weight excluding hydrogens is 416 g/mol. The van der Waals surface area contributed by atoms with Crippen LogP contribution in [0.1, 0.15) is 23.7 Å². The summed E-state index contributed by atoms with van der Waals surface area (Å²) in [5.74, 6) is 1.20. The van der Waals surface area contributed by atoms with Gasteiger partial charge in [-0.25, -0.2) is 18.4 Å². The fraction of sp³-hybridized carbons (Fsp3) is 0.300. The van der Waals surface area contributed by atoms with Crippen molar-refractivity contribution in [2.75, 3.05) is 27.7 Å². The molecular formula is C20H24N8O2S. The van der Waals surface area contributed by atoms with Gasteiger partial charge in [0.2, 0.25) is 16.0 Å². The van der Waals surface area contributed by atoms with Crippen LogP contribution in [-0.4, -0.2) is 40.7 Å². The molecule has 31 heavy (non-hydrogen) atoms. The molecule has 0 saturated heterocycles. The Kier molecular flexibility index (Phi) is 6.23. The lowest BCUT2D eigenvalue weighted by Crippen LogP contribution is -2.23. The molecule has 11 heteroatoms. The monoisotopic (exact) mass is 440 g/mol. The van der Waals surface area contributed by atoms with Crippen LogP contribution in [0.5, 0.6) is 0 Å². The van der Waals surface area contributed by atoms with Gasteiger partial charge in [-0.1, -0.05) is 6.07 Å². The van der Waals surface area contributed by atoms with E-state index in [-0.39, 0.29) is 18.1 Å². The zero-order chi connectivity index (χ0) is 21.7. The summed E-state index contributed by atoms with van der Waals surface area (Å²) in [6.07, 6.45) is 5.60. The Balaban J connectivity index is 1.44. The van der Waals surface area contributed by atoms with E-state index in [2.05, 4.69) is 52.7 Å². The van der Waals surface area contributed by atoms with Crippen molar-refractivity contribution in [2.24, 2.45) is 0 Å². The largest absolute Gasteiger partial charge is 0.364 e. The fourth-order valence-corrected chi connectivity index (χ4v) is 3.79. The summed E-state index contributed by atoms with van der Waals surface area (Å²) < 4.78 is 26.2. The van der Waals surface area contributed by atoms with Gasteiger partial charge in [0.1, 0.15) is 11.5 Å². The number of nitrogens with zero attached hydrogens (tertiary/aromatic N) is 4. The summed E-state index contributed by atoms with van der Waals surface area (Å²) in [6, 6.07) is 7.99. The molecule has 1 aliphatic rings. The molecule has 4 N–H and O–H groups in total. The molecule has 0 bridgehead atoms. The molecule has 3 aromatic rings. The van der Waals surface area contributed by atoms with Gasteiger partial charge in [-0.05, 0) is 49.2 Å². The molecule has 0 fully saturated rings. The first-order valence-electron chi connectivity index (χ1n) is 9.99. The molecule has 2 aromatic heterocycles. The average molecular weight is 441 g/mol. The number of aromatic nitrogens is 4. The Labute approximate surface area is 181 Å². The summed E-state index contributed by atoms with van der Waals surface area (Å²) in [6.45, 7) is 3.68. The van der Waals surface area contributed by atoms with Gasteiger partial charge in [0.05, 0.1) is 12.3 Å². The van der Waals surface area contributed by atoms with Crippen molar-refractivity contribution in [1.82, 2.24) is 25.3 Å². The molecule has 0 atom stereocenters. The van der Waals surface area contributed by atoms with Crippen molar-refractivity contribution < 1.29 is 8.42 Å². The van der Waals surface area contributed by atoms with Gasteiger partial charge >= 0.3 is 0 Å². The molecule has 1 aliphatic heterocycles. The summed E-state index contributed by atoms with van der Waals surface area (Å²) in [5, 5.41) is 9.75. The second kappa shape index (κ2) is 9.23. The summed E-state index contributed by atoms with van der Waals surface area (Å²) >= 11 is 0. The molecule has 0 amide bonds. The summed E-state index contributed by atoms with van der Waals surface area (Å²) in [5.41, 5.74) is 4.04. The van der Waals surface area contributed by atoms with Crippen molar-refractivity contribution in [2.45, 2.75) is 26.4 Å². The van der Waals surface area contributed by atoms with Gasteiger partial charge in [-0.3, -0.25) is 9.71 Å². The van der Waals surface area contributed by atoms with Crippen LogP contribution in [0.25, 0.3) is 0 Å². The highest BCUT2D eigenvalue weighted by atomic mass is 32.2. The maximum absolute atomic E-state index is 11.9. The number of anilines is 4. The van der Waals surface area contributed by atoms with E-state index < -0.39 is 10.0 Å². The summed E-state index contributed by atoms with van der Waals surface area (Å²) in [7, 11) is -3.45. The van der Waals surface area contributed by atoms with Crippen LogP contribution >= 0.6 is 0 Å².